The monoisotopic (exact) mass is 363 g/mol. The van der Waals surface area contributed by atoms with Crippen LogP contribution in [0.15, 0.2) is 35.9 Å². The van der Waals surface area contributed by atoms with Gasteiger partial charge in [0.05, 0.1) is 6.10 Å². The molecule has 2 rings (SSSR count). The number of allylic oxidation sites excluding steroid dienone is 1. The Bertz CT molecular complexity index is 552. The van der Waals surface area contributed by atoms with Crippen molar-refractivity contribution in [3.8, 4) is 0 Å². The van der Waals surface area contributed by atoms with E-state index >= 15 is 0 Å². The van der Waals surface area contributed by atoms with E-state index < -0.39 is 0 Å². The van der Waals surface area contributed by atoms with Crippen LogP contribution in [0.25, 0.3) is 0 Å². The molecular weight excluding hydrogens is 330 g/mol. The summed E-state index contributed by atoms with van der Waals surface area (Å²) < 4.78 is 5.82. The van der Waals surface area contributed by atoms with Crippen molar-refractivity contribution in [3.63, 3.8) is 0 Å². The maximum absolute atomic E-state index is 6.07. The van der Waals surface area contributed by atoms with Crippen molar-refractivity contribution >= 4 is 11.6 Å². The van der Waals surface area contributed by atoms with Crippen molar-refractivity contribution in [1.82, 2.24) is 4.90 Å². The maximum atomic E-state index is 6.07. The van der Waals surface area contributed by atoms with Crippen LogP contribution in [0.4, 0.5) is 0 Å². The summed E-state index contributed by atoms with van der Waals surface area (Å²) in [5, 5.41) is 0.804. The quantitative estimate of drug-likeness (QED) is 0.564. The van der Waals surface area contributed by atoms with Crippen molar-refractivity contribution in [1.29, 1.82) is 0 Å². The Labute approximate surface area is 159 Å². The Hall–Kier alpha value is -0.830. The predicted octanol–water partition coefficient (Wildman–Crippen LogP) is 5.84. The van der Waals surface area contributed by atoms with E-state index in [2.05, 4.69) is 57.7 Å². The van der Waals surface area contributed by atoms with Crippen molar-refractivity contribution in [3.05, 3.63) is 46.5 Å². The third-order valence-electron chi connectivity index (χ3n) is 5.22. The molecule has 0 N–H and O–H groups in total. The fourth-order valence-electron chi connectivity index (χ4n) is 3.83. The highest BCUT2D eigenvalue weighted by atomic mass is 35.5. The number of benzene rings is 1. The molecule has 2 nitrogen and oxygen atoms in total. The van der Waals surface area contributed by atoms with Gasteiger partial charge in [-0.25, -0.2) is 0 Å². The lowest BCUT2D eigenvalue weighted by atomic mass is 9.78. The lowest BCUT2D eigenvalue weighted by Gasteiger charge is -2.40. The zero-order valence-corrected chi connectivity index (χ0v) is 17.3. The van der Waals surface area contributed by atoms with Gasteiger partial charge in [-0.05, 0) is 63.1 Å². The molecule has 1 saturated heterocycles. The minimum absolute atomic E-state index is 0.109. The highest BCUT2D eigenvalue weighted by molar-refractivity contribution is 6.30. The van der Waals surface area contributed by atoms with E-state index in [-0.39, 0.29) is 5.41 Å². The Morgan fingerprint density at radius 1 is 1.24 bits per heavy atom. The van der Waals surface area contributed by atoms with E-state index in [0.29, 0.717) is 12.1 Å². The second kappa shape index (κ2) is 9.21. The molecular formula is C22H34ClNO. The number of hydrogen-bond acceptors (Lipinski definition) is 2. The number of piperidine rings is 1. The van der Waals surface area contributed by atoms with Crippen LogP contribution in [0.1, 0.15) is 59.4 Å². The first kappa shape index (κ1) is 20.5. The standard InChI is InChI=1S/C22H34ClNO/c1-6-25-21-11-13-24(14-12-21)20(15-17(2)3)16-22(4,5)18-7-9-19(23)10-8-18/h7-10,15,20-21H,6,11-14,16H2,1-5H3. The van der Waals surface area contributed by atoms with Gasteiger partial charge in [0.1, 0.15) is 0 Å². The topological polar surface area (TPSA) is 12.5 Å². The summed E-state index contributed by atoms with van der Waals surface area (Å²) in [6.45, 7) is 14.2. The number of likely N-dealkylation sites (tertiary alicyclic amines) is 1. The number of halogens is 1. The molecule has 0 spiro atoms. The van der Waals surface area contributed by atoms with E-state index in [0.717, 1.165) is 44.0 Å². The summed E-state index contributed by atoms with van der Waals surface area (Å²) in [5.74, 6) is 0. The molecule has 1 aromatic rings. The molecule has 0 saturated carbocycles. The van der Waals surface area contributed by atoms with E-state index in [9.17, 15) is 0 Å². The van der Waals surface area contributed by atoms with E-state index in [1.165, 1.54) is 11.1 Å². The van der Waals surface area contributed by atoms with E-state index in [1.54, 1.807) is 0 Å². The Morgan fingerprint density at radius 3 is 2.36 bits per heavy atom. The Kier molecular flexibility index (Phi) is 7.54. The molecule has 1 fully saturated rings. The average Bonchev–Trinajstić information content (AvgIpc) is 2.55. The van der Waals surface area contributed by atoms with Crippen molar-refractivity contribution < 1.29 is 4.74 Å². The molecule has 0 amide bonds. The van der Waals surface area contributed by atoms with Crippen LogP contribution in [0, 0.1) is 0 Å². The van der Waals surface area contributed by atoms with Crippen molar-refractivity contribution in [2.75, 3.05) is 19.7 Å². The number of hydrogen-bond donors (Lipinski definition) is 0. The molecule has 25 heavy (non-hydrogen) atoms. The van der Waals surface area contributed by atoms with Crippen molar-refractivity contribution in [2.24, 2.45) is 0 Å². The second-order valence-corrected chi connectivity index (χ2v) is 8.53. The molecule has 0 radical (unpaired) electrons. The van der Waals surface area contributed by atoms with Crippen LogP contribution in [0.3, 0.4) is 0 Å². The maximum Gasteiger partial charge on any atom is 0.0599 e. The van der Waals surface area contributed by atoms with Gasteiger partial charge in [-0.15, -0.1) is 0 Å². The van der Waals surface area contributed by atoms with Gasteiger partial charge < -0.3 is 4.74 Å². The van der Waals surface area contributed by atoms with Gasteiger partial charge in [-0.3, -0.25) is 4.90 Å². The number of nitrogens with zero attached hydrogens (tertiary/aromatic N) is 1. The summed E-state index contributed by atoms with van der Waals surface area (Å²) in [6, 6.07) is 8.81. The zero-order chi connectivity index (χ0) is 18.4. The molecule has 0 aromatic heterocycles. The summed E-state index contributed by atoms with van der Waals surface area (Å²) >= 11 is 6.07. The Balaban J connectivity index is 2.10. The van der Waals surface area contributed by atoms with Crippen LogP contribution >= 0.6 is 11.6 Å². The van der Waals surface area contributed by atoms with Crippen molar-refractivity contribution in [2.45, 2.75) is 71.4 Å². The molecule has 1 unspecified atom stereocenters. The van der Waals surface area contributed by atoms with E-state index in [4.69, 9.17) is 16.3 Å². The normalized spacial score (nSPS) is 18.2. The number of rotatable bonds is 7. The third-order valence-corrected chi connectivity index (χ3v) is 5.47. The smallest absolute Gasteiger partial charge is 0.0599 e. The lowest BCUT2D eigenvalue weighted by Crippen LogP contribution is -2.45. The SMILES string of the molecule is CCOC1CCN(C(C=C(C)C)CC(C)(C)c2ccc(Cl)cc2)CC1. The highest BCUT2D eigenvalue weighted by Gasteiger charge is 2.30. The molecule has 1 aliphatic rings. The summed E-state index contributed by atoms with van der Waals surface area (Å²) in [5.41, 5.74) is 2.86. The lowest BCUT2D eigenvalue weighted by molar-refractivity contribution is 0.00616. The molecule has 1 heterocycles. The van der Waals surface area contributed by atoms with E-state index in [1.807, 2.05) is 12.1 Å². The van der Waals surface area contributed by atoms with Crippen LogP contribution in [0.5, 0.6) is 0 Å². The van der Waals surface area contributed by atoms with Gasteiger partial charge in [0.15, 0.2) is 0 Å². The molecule has 140 valence electrons. The van der Waals surface area contributed by atoms with Gasteiger partial charge in [0.25, 0.3) is 0 Å². The molecule has 0 aliphatic carbocycles. The van der Waals surface area contributed by atoms with Crippen LogP contribution < -0.4 is 0 Å². The van der Waals surface area contributed by atoms with Gasteiger partial charge in [0.2, 0.25) is 0 Å². The predicted molar refractivity (Wildman–Crippen MR) is 109 cm³/mol. The largest absolute Gasteiger partial charge is 0.378 e. The molecule has 0 bridgehead atoms. The van der Waals surface area contributed by atoms with Gasteiger partial charge in [-0.2, -0.15) is 0 Å². The second-order valence-electron chi connectivity index (χ2n) is 8.10. The van der Waals surface area contributed by atoms with Gasteiger partial charge in [0, 0.05) is 30.8 Å². The van der Waals surface area contributed by atoms with Gasteiger partial charge >= 0.3 is 0 Å². The summed E-state index contributed by atoms with van der Waals surface area (Å²) in [4.78, 5) is 2.64. The fraction of sp³-hybridized carbons (Fsp3) is 0.636. The molecule has 3 heteroatoms. The molecule has 1 aliphatic heterocycles. The number of ether oxygens (including phenoxy) is 1. The fourth-order valence-corrected chi connectivity index (χ4v) is 3.96. The third kappa shape index (κ3) is 6.13. The summed E-state index contributed by atoms with van der Waals surface area (Å²) in [7, 11) is 0. The summed E-state index contributed by atoms with van der Waals surface area (Å²) in [6.07, 6.45) is 6.28. The first-order valence-electron chi connectivity index (χ1n) is 9.58. The first-order chi connectivity index (χ1) is 11.8. The molecule has 1 atom stereocenters. The Morgan fingerprint density at radius 2 is 1.84 bits per heavy atom. The highest BCUT2D eigenvalue weighted by Crippen LogP contribution is 2.32. The van der Waals surface area contributed by atoms with Crippen LogP contribution in [-0.4, -0.2) is 36.7 Å². The average molecular weight is 364 g/mol. The van der Waals surface area contributed by atoms with Crippen LogP contribution in [0.2, 0.25) is 5.02 Å². The zero-order valence-electron chi connectivity index (χ0n) is 16.5. The minimum Gasteiger partial charge on any atom is -0.378 e. The van der Waals surface area contributed by atoms with Gasteiger partial charge in [-0.1, -0.05) is 49.2 Å². The van der Waals surface area contributed by atoms with Crippen LogP contribution in [-0.2, 0) is 10.2 Å². The minimum atomic E-state index is 0.109. The first-order valence-corrected chi connectivity index (χ1v) is 9.96. The molecule has 1 aromatic carbocycles.